The van der Waals surface area contributed by atoms with Crippen molar-refractivity contribution < 1.29 is 0 Å². The van der Waals surface area contributed by atoms with E-state index in [0.717, 1.165) is 24.9 Å². The van der Waals surface area contributed by atoms with E-state index in [-0.39, 0.29) is 0 Å². The van der Waals surface area contributed by atoms with Crippen LogP contribution in [0.15, 0.2) is 18.3 Å². The first-order chi connectivity index (χ1) is 8.78. The van der Waals surface area contributed by atoms with Gasteiger partial charge in [-0.15, -0.1) is 0 Å². The number of nitrogens with zero attached hydrogens (tertiary/aromatic N) is 4. The van der Waals surface area contributed by atoms with Gasteiger partial charge in [0.25, 0.3) is 0 Å². The first-order valence-corrected chi connectivity index (χ1v) is 6.61. The second kappa shape index (κ2) is 4.58. The molecule has 18 heavy (non-hydrogen) atoms. The van der Waals surface area contributed by atoms with Crippen molar-refractivity contribution in [1.82, 2.24) is 9.88 Å². The fourth-order valence-electron chi connectivity index (χ4n) is 3.16. The lowest BCUT2D eigenvalue weighted by molar-refractivity contribution is 0.254. The van der Waals surface area contributed by atoms with Crippen molar-refractivity contribution in [3.05, 3.63) is 23.9 Å². The first-order valence-electron chi connectivity index (χ1n) is 6.61. The molecule has 2 bridgehead atoms. The lowest BCUT2D eigenvalue weighted by atomic mass is 10.1. The summed E-state index contributed by atoms with van der Waals surface area (Å²) in [5, 5.41) is 8.79. The molecule has 3 heterocycles. The van der Waals surface area contributed by atoms with E-state index in [1.165, 1.54) is 19.3 Å². The molecule has 4 nitrogen and oxygen atoms in total. The smallest absolute Gasteiger partial charge is 0.128 e. The monoisotopic (exact) mass is 242 g/mol. The molecule has 0 amide bonds. The Balaban J connectivity index is 1.78. The average molecular weight is 242 g/mol. The van der Waals surface area contributed by atoms with Crippen LogP contribution >= 0.6 is 0 Å². The molecule has 4 heteroatoms. The normalized spacial score (nSPS) is 27.9. The quantitative estimate of drug-likeness (QED) is 0.750. The number of fused-ring (bicyclic) bond motifs is 2. The van der Waals surface area contributed by atoms with Crippen molar-refractivity contribution in [2.45, 2.75) is 31.3 Å². The van der Waals surface area contributed by atoms with Crippen molar-refractivity contribution in [3.63, 3.8) is 0 Å². The summed E-state index contributed by atoms with van der Waals surface area (Å²) in [4.78, 5) is 9.30. The Morgan fingerprint density at radius 3 is 2.83 bits per heavy atom. The third kappa shape index (κ3) is 1.95. The maximum atomic E-state index is 8.79. The summed E-state index contributed by atoms with van der Waals surface area (Å²) in [6.45, 7) is 2.14. The standard InChI is InChI=1S/C14H18N4/c1-17-12-3-4-13(17)10-18(7-6-12)14-5-2-11(8-15)9-16-14/h2,5,9,12-13H,3-4,6-7,10H2,1H3/t12-,13+/m0/s1. The number of likely N-dealkylation sites (N-methyl/N-ethyl adjacent to an activating group) is 1. The number of pyridine rings is 1. The molecule has 2 aliphatic rings. The molecule has 0 saturated carbocycles. The molecule has 2 aliphatic heterocycles. The highest BCUT2D eigenvalue weighted by Crippen LogP contribution is 2.29. The van der Waals surface area contributed by atoms with E-state index in [1.54, 1.807) is 6.20 Å². The van der Waals surface area contributed by atoms with Crippen molar-refractivity contribution in [2.24, 2.45) is 0 Å². The van der Waals surface area contributed by atoms with Gasteiger partial charge in [0.2, 0.25) is 0 Å². The van der Waals surface area contributed by atoms with Crippen molar-refractivity contribution in [2.75, 3.05) is 25.0 Å². The summed E-state index contributed by atoms with van der Waals surface area (Å²) in [7, 11) is 2.25. The molecule has 2 fully saturated rings. The van der Waals surface area contributed by atoms with Gasteiger partial charge >= 0.3 is 0 Å². The van der Waals surface area contributed by atoms with Crippen molar-refractivity contribution in [3.8, 4) is 6.07 Å². The Morgan fingerprint density at radius 2 is 2.11 bits per heavy atom. The Bertz CT molecular complexity index is 462. The highest BCUT2D eigenvalue weighted by molar-refractivity contribution is 5.42. The first kappa shape index (κ1) is 11.5. The van der Waals surface area contributed by atoms with E-state index in [4.69, 9.17) is 5.26 Å². The van der Waals surface area contributed by atoms with Crippen LogP contribution in [-0.4, -0.2) is 42.1 Å². The Labute approximate surface area is 108 Å². The van der Waals surface area contributed by atoms with Crippen LogP contribution in [0.3, 0.4) is 0 Å². The van der Waals surface area contributed by atoms with Crippen molar-refractivity contribution >= 4 is 5.82 Å². The van der Waals surface area contributed by atoms with Crippen LogP contribution in [0.5, 0.6) is 0 Å². The lowest BCUT2D eigenvalue weighted by Gasteiger charge is -2.26. The van der Waals surface area contributed by atoms with E-state index in [2.05, 4.69) is 27.9 Å². The van der Waals surface area contributed by atoms with Gasteiger partial charge in [-0.25, -0.2) is 4.98 Å². The van der Waals surface area contributed by atoms with Gasteiger partial charge < -0.3 is 4.90 Å². The third-order valence-electron chi connectivity index (χ3n) is 4.35. The summed E-state index contributed by atoms with van der Waals surface area (Å²) in [6.07, 6.45) is 5.53. The molecule has 1 aromatic heterocycles. The molecular formula is C14H18N4. The fourth-order valence-corrected chi connectivity index (χ4v) is 3.16. The van der Waals surface area contributed by atoms with Crippen LogP contribution in [0.2, 0.25) is 0 Å². The molecule has 0 radical (unpaired) electrons. The minimum atomic E-state index is 0.632. The number of aromatic nitrogens is 1. The molecule has 2 atom stereocenters. The van der Waals surface area contributed by atoms with Crippen LogP contribution in [0.25, 0.3) is 0 Å². The molecule has 0 aliphatic carbocycles. The maximum absolute atomic E-state index is 8.79. The van der Waals surface area contributed by atoms with Gasteiger partial charge in [-0.05, 0) is 38.4 Å². The van der Waals surface area contributed by atoms with E-state index in [9.17, 15) is 0 Å². The van der Waals surface area contributed by atoms with Crippen LogP contribution in [-0.2, 0) is 0 Å². The molecule has 0 N–H and O–H groups in total. The Morgan fingerprint density at radius 1 is 1.28 bits per heavy atom. The van der Waals surface area contributed by atoms with E-state index < -0.39 is 0 Å². The van der Waals surface area contributed by atoms with Gasteiger partial charge in [0.15, 0.2) is 0 Å². The zero-order chi connectivity index (χ0) is 12.5. The minimum absolute atomic E-state index is 0.632. The second-order valence-electron chi connectivity index (χ2n) is 5.30. The van der Waals surface area contributed by atoms with Crippen LogP contribution in [0, 0.1) is 11.3 Å². The molecule has 0 spiro atoms. The lowest BCUT2D eigenvalue weighted by Crippen LogP contribution is -2.36. The molecule has 1 aromatic rings. The number of hydrogen-bond donors (Lipinski definition) is 0. The summed E-state index contributed by atoms with van der Waals surface area (Å²) in [6, 6.07) is 7.35. The zero-order valence-electron chi connectivity index (χ0n) is 10.7. The summed E-state index contributed by atoms with van der Waals surface area (Å²) in [5.41, 5.74) is 0.632. The highest BCUT2D eigenvalue weighted by atomic mass is 15.3. The molecule has 0 unspecified atom stereocenters. The van der Waals surface area contributed by atoms with Crippen LogP contribution in [0.4, 0.5) is 5.82 Å². The number of hydrogen-bond acceptors (Lipinski definition) is 4. The number of rotatable bonds is 1. The topological polar surface area (TPSA) is 43.2 Å². The highest BCUT2D eigenvalue weighted by Gasteiger charge is 2.34. The van der Waals surface area contributed by atoms with E-state index >= 15 is 0 Å². The number of anilines is 1. The zero-order valence-corrected chi connectivity index (χ0v) is 10.7. The van der Waals surface area contributed by atoms with Gasteiger partial charge in [0, 0.05) is 31.4 Å². The molecule has 0 aromatic carbocycles. The average Bonchev–Trinajstić information content (AvgIpc) is 2.64. The third-order valence-corrected chi connectivity index (χ3v) is 4.35. The largest absolute Gasteiger partial charge is 0.355 e. The molecule has 94 valence electrons. The van der Waals surface area contributed by atoms with E-state index in [1.807, 2.05) is 12.1 Å². The Kier molecular flexibility index (Phi) is 2.92. The summed E-state index contributed by atoms with van der Waals surface area (Å²) >= 11 is 0. The van der Waals surface area contributed by atoms with Crippen LogP contribution < -0.4 is 4.90 Å². The van der Waals surface area contributed by atoms with Crippen molar-refractivity contribution in [1.29, 1.82) is 5.26 Å². The predicted molar refractivity (Wildman–Crippen MR) is 70.4 cm³/mol. The SMILES string of the molecule is CN1[C@H]2CC[C@@H]1CN(c1ccc(C#N)cn1)CC2. The molecule has 3 rings (SSSR count). The minimum Gasteiger partial charge on any atom is -0.355 e. The summed E-state index contributed by atoms with van der Waals surface area (Å²) < 4.78 is 0. The molecular weight excluding hydrogens is 224 g/mol. The summed E-state index contributed by atoms with van der Waals surface area (Å²) in [5.74, 6) is 1.01. The van der Waals surface area contributed by atoms with Crippen LogP contribution in [0.1, 0.15) is 24.8 Å². The van der Waals surface area contributed by atoms with Gasteiger partial charge in [-0.2, -0.15) is 5.26 Å². The molecule has 2 saturated heterocycles. The second-order valence-corrected chi connectivity index (χ2v) is 5.30. The van der Waals surface area contributed by atoms with Gasteiger partial charge in [-0.3, -0.25) is 4.90 Å². The fraction of sp³-hybridized carbons (Fsp3) is 0.571. The number of nitriles is 1. The van der Waals surface area contributed by atoms with Gasteiger partial charge in [0.05, 0.1) is 5.56 Å². The Hall–Kier alpha value is -1.60. The van der Waals surface area contributed by atoms with E-state index in [0.29, 0.717) is 11.6 Å². The predicted octanol–water partition coefficient (Wildman–Crippen LogP) is 1.63. The maximum Gasteiger partial charge on any atom is 0.128 e. The van der Waals surface area contributed by atoms with Gasteiger partial charge in [-0.1, -0.05) is 0 Å². The van der Waals surface area contributed by atoms with Gasteiger partial charge in [0.1, 0.15) is 11.9 Å².